The molecule has 4 heteroatoms. The lowest BCUT2D eigenvalue weighted by Gasteiger charge is -2.20. The molecule has 0 saturated heterocycles. The van der Waals surface area contributed by atoms with E-state index in [0.717, 1.165) is 12.0 Å². The number of hydrogen-bond acceptors (Lipinski definition) is 3. The highest BCUT2D eigenvalue weighted by Gasteiger charge is 2.17. The van der Waals surface area contributed by atoms with Gasteiger partial charge in [-0.1, -0.05) is 67.6 Å². The van der Waals surface area contributed by atoms with Crippen LogP contribution in [0.3, 0.4) is 0 Å². The first-order valence-corrected chi connectivity index (χ1v) is 10.2. The minimum Gasteiger partial charge on any atom is -0.348 e. The van der Waals surface area contributed by atoms with Gasteiger partial charge in [0.2, 0.25) is 5.91 Å². The van der Waals surface area contributed by atoms with Gasteiger partial charge in [0.15, 0.2) is 0 Å². The van der Waals surface area contributed by atoms with Crippen molar-refractivity contribution in [2.75, 3.05) is 6.54 Å². The number of hydrogen-bond donors (Lipinski definition) is 2. The zero-order valence-electron chi connectivity index (χ0n) is 15.8. The second kappa shape index (κ2) is 9.49. The van der Waals surface area contributed by atoms with E-state index in [1.165, 1.54) is 16.0 Å². The van der Waals surface area contributed by atoms with Gasteiger partial charge in [0, 0.05) is 4.88 Å². The Morgan fingerprint density at radius 2 is 1.70 bits per heavy atom. The van der Waals surface area contributed by atoms with Gasteiger partial charge in [-0.3, -0.25) is 10.1 Å². The number of amides is 1. The molecule has 0 bridgehead atoms. The highest BCUT2D eigenvalue weighted by molar-refractivity contribution is 7.10. The summed E-state index contributed by atoms with van der Waals surface area (Å²) < 4.78 is 0. The molecule has 2 N–H and O–H groups in total. The molecule has 1 aromatic heterocycles. The van der Waals surface area contributed by atoms with Crippen LogP contribution in [0.15, 0.2) is 72.1 Å². The quantitative estimate of drug-likeness (QED) is 0.587. The topological polar surface area (TPSA) is 41.1 Å². The van der Waals surface area contributed by atoms with Crippen LogP contribution in [0.1, 0.15) is 47.5 Å². The van der Waals surface area contributed by atoms with Crippen LogP contribution in [0.4, 0.5) is 0 Å². The molecular weight excluding hydrogens is 352 g/mol. The lowest BCUT2D eigenvalue weighted by molar-refractivity contribution is -0.121. The summed E-state index contributed by atoms with van der Waals surface area (Å²) in [6.07, 6.45) is 1.02. The van der Waals surface area contributed by atoms with E-state index < -0.39 is 0 Å². The molecule has 0 fully saturated rings. The zero-order chi connectivity index (χ0) is 19.1. The van der Waals surface area contributed by atoms with Crippen molar-refractivity contribution in [1.29, 1.82) is 0 Å². The summed E-state index contributed by atoms with van der Waals surface area (Å²) in [5.41, 5.74) is 3.60. The maximum Gasteiger partial charge on any atom is 0.234 e. The van der Waals surface area contributed by atoms with Crippen molar-refractivity contribution < 1.29 is 4.79 Å². The summed E-state index contributed by atoms with van der Waals surface area (Å²) in [4.78, 5) is 13.7. The predicted molar refractivity (Wildman–Crippen MR) is 113 cm³/mol. The standard InChI is InChI=1S/C23H26N2OS/c1-3-18-11-13-20(14-12-18)23(21-10-7-15-27-21)24-16-22(26)25-17(2)19-8-5-4-6-9-19/h4-15,17,23-24H,3,16H2,1-2H3,(H,25,26). The first kappa shape index (κ1) is 19.3. The third-order valence-corrected chi connectivity index (χ3v) is 5.63. The van der Waals surface area contributed by atoms with Gasteiger partial charge in [0.1, 0.15) is 0 Å². The van der Waals surface area contributed by atoms with Gasteiger partial charge in [-0.25, -0.2) is 0 Å². The first-order valence-electron chi connectivity index (χ1n) is 9.37. The number of carbonyl (C=O) groups excluding carboxylic acids is 1. The monoisotopic (exact) mass is 378 g/mol. The van der Waals surface area contributed by atoms with Gasteiger partial charge in [-0.05, 0) is 41.5 Å². The summed E-state index contributed by atoms with van der Waals surface area (Å²) in [7, 11) is 0. The van der Waals surface area contributed by atoms with E-state index in [9.17, 15) is 4.79 Å². The van der Waals surface area contributed by atoms with E-state index >= 15 is 0 Å². The second-order valence-corrected chi connectivity index (χ2v) is 7.60. The van der Waals surface area contributed by atoms with Crippen LogP contribution in [-0.2, 0) is 11.2 Å². The van der Waals surface area contributed by atoms with Crippen LogP contribution >= 0.6 is 11.3 Å². The third kappa shape index (κ3) is 5.28. The maximum absolute atomic E-state index is 12.5. The van der Waals surface area contributed by atoms with Crippen molar-refractivity contribution in [3.63, 3.8) is 0 Å². The number of aryl methyl sites for hydroxylation is 1. The Kier molecular flexibility index (Phi) is 6.80. The number of nitrogens with one attached hydrogen (secondary N) is 2. The van der Waals surface area contributed by atoms with Gasteiger partial charge in [-0.15, -0.1) is 11.3 Å². The SMILES string of the molecule is CCc1ccc(C(NCC(=O)NC(C)c2ccccc2)c2cccs2)cc1. The Morgan fingerprint density at radius 3 is 2.33 bits per heavy atom. The minimum absolute atomic E-state index is 0.00177. The van der Waals surface area contributed by atoms with E-state index in [-0.39, 0.29) is 24.5 Å². The minimum atomic E-state index is -0.00970. The van der Waals surface area contributed by atoms with Crippen molar-refractivity contribution in [2.24, 2.45) is 0 Å². The van der Waals surface area contributed by atoms with Gasteiger partial charge >= 0.3 is 0 Å². The molecule has 0 aliphatic carbocycles. The van der Waals surface area contributed by atoms with Crippen LogP contribution in [-0.4, -0.2) is 12.5 Å². The average molecular weight is 379 g/mol. The molecule has 140 valence electrons. The Hall–Kier alpha value is -2.43. The highest BCUT2D eigenvalue weighted by Crippen LogP contribution is 2.26. The molecular formula is C23H26N2OS. The molecule has 0 saturated carbocycles. The highest BCUT2D eigenvalue weighted by atomic mass is 32.1. The second-order valence-electron chi connectivity index (χ2n) is 6.62. The molecule has 0 aliphatic heterocycles. The van der Waals surface area contributed by atoms with E-state index in [1.54, 1.807) is 11.3 Å². The van der Waals surface area contributed by atoms with Crippen LogP contribution in [0.2, 0.25) is 0 Å². The fourth-order valence-corrected chi connectivity index (χ4v) is 3.92. The van der Waals surface area contributed by atoms with Crippen LogP contribution < -0.4 is 10.6 Å². The van der Waals surface area contributed by atoms with Crippen molar-refractivity contribution in [2.45, 2.75) is 32.4 Å². The van der Waals surface area contributed by atoms with Gasteiger partial charge in [0.25, 0.3) is 0 Å². The fraction of sp³-hybridized carbons (Fsp3) is 0.261. The van der Waals surface area contributed by atoms with E-state index in [1.807, 2.05) is 43.3 Å². The molecule has 0 spiro atoms. The molecule has 1 amide bonds. The molecule has 2 atom stereocenters. The molecule has 0 aliphatic rings. The normalized spacial score (nSPS) is 13.1. The number of rotatable bonds is 8. The first-order chi connectivity index (χ1) is 13.2. The van der Waals surface area contributed by atoms with Crippen LogP contribution in [0, 0.1) is 0 Å². The third-order valence-electron chi connectivity index (χ3n) is 4.69. The number of carbonyl (C=O) groups is 1. The van der Waals surface area contributed by atoms with Gasteiger partial charge < -0.3 is 5.32 Å². The Balaban J connectivity index is 1.65. The summed E-state index contributed by atoms with van der Waals surface area (Å²) >= 11 is 1.70. The summed E-state index contributed by atoms with van der Waals surface area (Å²) in [6, 6.07) is 22.8. The molecule has 1 heterocycles. The Labute approximate surface area is 165 Å². The van der Waals surface area contributed by atoms with E-state index in [4.69, 9.17) is 0 Å². The van der Waals surface area contributed by atoms with Crippen molar-refractivity contribution in [1.82, 2.24) is 10.6 Å². The molecule has 3 rings (SSSR count). The summed E-state index contributed by atoms with van der Waals surface area (Å²) in [6.45, 7) is 4.44. The smallest absolute Gasteiger partial charge is 0.234 e. The number of thiophene rings is 1. The molecule has 27 heavy (non-hydrogen) atoms. The molecule has 3 aromatic rings. The Bertz CT molecular complexity index is 829. The Morgan fingerprint density at radius 1 is 0.963 bits per heavy atom. The predicted octanol–water partition coefficient (Wildman–Crippen LogP) is 4.87. The molecule has 2 unspecified atom stereocenters. The van der Waals surface area contributed by atoms with Crippen LogP contribution in [0.25, 0.3) is 0 Å². The molecule has 3 nitrogen and oxygen atoms in total. The lowest BCUT2D eigenvalue weighted by Crippen LogP contribution is -2.37. The molecule has 0 radical (unpaired) electrons. The van der Waals surface area contributed by atoms with Crippen LogP contribution in [0.5, 0.6) is 0 Å². The van der Waals surface area contributed by atoms with Crippen molar-refractivity contribution in [3.05, 3.63) is 93.7 Å². The van der Waals surface area contributed by atoms with Crippen molar-refractivity contribution in [3.8, 4) is 0 Å². The van der Waals surface area contributed by atoms with Crippen molar-refractivity contribution >= 4 is 17.2 Å². The van der Waals surface area contributed by atoms with E-state index in [2.05, 4.69) is 53.3 Å². The summed E-state index contributed by atoms with van der Waals surface area (Å²) in [5.74, 6) is -0.00177. The summed E-state index contributed by atoms with van der Waals surface area (Å²) in [5, 5.41) is 8.57. The van der Waals surface area contributed by atoms with E-state index in [0.29, 0.717) is 0 Å². The zero-order valence-corrected chi connectivity index (χ0v) is 16.6. The number of benzene rings is 2. The molecule has 2 aromatic carbocycles. The maximum atomic E-state index is 12.5. The van der Waals surface area contributed by atoms with Gasteiger partial charge in [0.05, 0.1) is 18.6 Å². The van der Waals surface area contributed by atoms with Gasteiger partial charge in [-0.2, -0.15) is 0 Å². The fourth-order valence-electron chi connectivity index (χ4n) is 3.10. The largest absolute Gasteiger partial charge is 0.348 e. The average Bonchev–Trinajstić information content (AvgIpc) is 3.24. The lowest BCUT2D eigenvalue weighted by atomic mass is 10.0.